The number of aryl methyl sites for hydroxylation is 1. The van der Waals surface area contributed by atoms with E-state index >= 15 is 0 Å². The predicted molar refractivity (Wildman–Crippen MR) is 53.5 cm³/mol. The number of halogens is 3. The lowest BCUT2D eigenvalue weighted by atomic mass is 10.1. The molecule has 70 valence electrons. The Morgan fingerprint density at radius 3 is 2.85 bits per heavy atom. The minimum absolute atomic E-state index is 0.0849. The molecule has 0 heterocycles. The molecule has 0 aliphatic rings. The number of carbonyl (C=O) groups excluding carboxylic acids is 1. The highest BCUT2D eigenvalue weighted by molar-refractivity contribution is 9.10. The van der Waals surface area contributed by atoms with Crippen molar-refractivity contribution in [2.45, 2.75) is 12.8 Å². The molecule has 1 rings (SSSR count). The maximum absolute atomic E-state index is 13.2. The van der Waals surface area contributed by atoms with Gasteiger partial charge in [0.25, 0.3) is 0 Å². The normalized spacial score (nSPS) is 10.1. The topological polar surface area (TPSA) is 17.1 Å². The Bertz CT molecular complexity index is 328. The molecule has 0 spiro atoms. The summed E-state index contributed by atoms with van der Waals surface area (Å²) in [5.74, 6) is -0.468. The van der Waals surface area contributed by atoms with Crippen molar-refractivity contribution < 1.29 is 9.18 Å². The van der Waals surface area contributed by atoms with Crippen LogP contribution in [0.3, 0.4) is 0 Å². The van der Waals surface area contributed by atoms with Gasteiger partial charge in [0.2, 0.25) is 0 Å². The van der Waals surface area contributed by atoms with Crippen LogP contribution in [0.15, 0.2) is 16.6 Å². The molecular formula is C9H7BrClFO. The van der Waals surface area contributed by atoms with E-state index in [9.17, 15) is 9.18 Å². The Morgan fingerprint density at radius 2 is 2.23 bits per heavy atom. The summed E-state index contributed by atoms with van der Waals surface area (Å²) in [4.78, 5) is 10.1. The van der Waals surface area contributed by atoms with Crippen molar-refractivity contribution in [2.24, 2.45) is 0 Å². The summed E-state index contributed by atoms with van der Waals surface area (Å²) in [5, 5.41) is 0.0849. The predicted octanol–water partition coefficient (Wildman–Crippen LogP) is 3.37. The summed E-state index contributed by atoms with van der Waals surface area (Å²) in [6, 6.07) is 3.20. The lowest BCUT2D eigenvalue weighted by Gasteiger charge is -2.04. The van der Waals surface area contributed by atoms with Gasteiger partial charge in [-0.15, -0.1) is 0 Å². The van der Waals surface area contributed by atoms with Crippen molar-refractivity contribution >= 4 is 33.8 Å². The molecule has 0 saturated carbocycles. The summed E-state index contributed by atoms with van der Waals surface area (Å²) >= 11 is 8.63. The fourth-order valence-electron chi connectivity index (χ4n) is 0.973. The van der Waals surface area contributed by atoms with Gasteiger partial charge in [0.1, 0.15) is 6.29 Å². The summed E-state index contributed by atoms with van der Waals surface area (Å²) in [7, 11) is 0. The van der Waals surface area contributed by atoms with Crippen molar-refractivity contribution in [1.82, 2.24) is 0 Å². The summed E-state index contributed by atoms with van der Waals surface area (Å²) < 4.78 is 13.5. The van der Waals surface area contributed by atoms with E-state index in [-0.39, 0.29) is 5.02 Å². The minimum atomic E-state index is -0.468. The van der Waals surface area contributed by atoms with E-state index in [1.54, 1.807) is 6.07 Å². The quantitative estimate of drug-likeness (QED) is 0.605. The van der Waals surface area contributed by atoms with Crippen LogP contribution in [0, 0.1) is 5.82 Å². The van der Waals surface area contributed by atoms with Crippen LogP contribution in [0.25, 0.3) is 0 Å². The first kappa shape index (κ1) is 10.7. The minimum Gasteiger partial charge on any atom is -0.303 e. The molecule has 0 bridgehead atoms. The monoisotopic (exact) mass is 264 g/mol. The highest BCUT2D eigenvalue weighted by Gasteiger charge is 2.08. The molecule has 0 aliphatic heterocycles. The zero-order valence-corrected chi connectivity index (χ0v) is 9.03. The molecule has 1 aromatic rings. The van der Waals surface area contributed by atoms with Gasteiger partial charge < -0.3 is 4.79 Å². The second-order valence-corrected chi connectivity index (χ2v) is 3.74. The van der Waals surface area contributed by atoms with Gasteiger partial charge in [-0.2, -0.15) is 0 Å². The van der Waals surface area contributed by atoms with E-state index in [1.807, 2.05) is 0 Å². The van der Waals surface area contributed by atoms with E-state index < -0.39 is 5.82 Å². The lowest BCUT2D eigenvalue weighted by molar-refractivity contribution is -0.107. The first-order valence-electron chi connectivity index (χ1n) is 3.73. The first-order chi connectivity index (χ1) is 6.16. The molecule has 4 heteroatoms. The van der Waals surface area contributed by atoms with Crippen LogP contribution in [0.1, 0.15) is 12.0 Å². The Hall–Kier alpha value is -0.410. The van der Waals surface area contributed by atoms with Gasteiger partial charge in [-0.05, 0) is 34.0 Å². The number of hydrogen-bond donors (Lipinski definition) is 0. The maximum atomic E-state index is 13.2. The van der Waals surface area contributed by atoms with Crippen LogP contribution in [0.5, 0.6) is 0 Å². The Kier molecular flexibility index (Phi) is 3.88. The van der Waals surface area contributed by atoms with Gasteiger partial charge in [0.05, 0.1) is 9.50 Å². The second kappa shape index (κ2) is 4.72. The summed E-state index contributed by atoms with van der Waals surface area (Å²) in [6.07, 6.45) is 1.72. The van der Waals surface area contributed by atoms with Gasteiger partial charge in [-0.25, -0.2) is 4.39 Å². The van der Waals surface area contributed by atoms with Crippen molar-refractivity contribution in [2.75, 3.05) is 0 Å². The van der Waals surface area contributed by atoms with E-state index in [0.717, 1.165) is 11.8 Å². The SMILES string of the molecule is O=CCCc1ccc(Cl)c(F)c1Br. The third-order valence-electron chi connectivity index (χ3n) is 1.65. The van der Waals surface area contributed by atoms with Gasteiger partial charge in [0, 0.05) is 6.42 Å². The van der Waals surface area contributed by atoms with E-state index in [4.69, 9.17) is 11.6 Å². The number of benzene rings is 1. The van der Waals surface area contributed by atoms with Crippen LogP contribution >= 0.6 is 27.5 Å². The van der Waals surface area contributed by atoms with Crippen LogP contribution in [-0.2, 0) is 11.2 Å². The zero-order valence-electron chi connectivity index (χ0n) is 6.69. The van der Waals surface area contributed by atoms with Crippen LogP contribution < -0.4 is 0 Å². The molecule has 0 saturated heterocycles. The molecule has 0 amide bonds. The number of aldehydes is 1. The fraction of sp³-hybridized carbons (Fsp3) is 0.222. The Balaban J connectivity index is 2.96. The summed E-state index contributed by atoms with van der Waals surface area (Å²) in [5.41, 5.74) is 0.758. The Morgan fingerprint density at radius 1 is 1.54 bits per heavy atom. The van der Waals surface area contributed by atoms with Crippen molar-refractivity contribution in [3.8, 4) is 0 Å². The molecule has 0 radical (unpaired) electrons. The third kappa shape index (κ3) is 2.51. The van der Waals surface area contributed by atoms with Gasteiger partial charge >= 0.3 is 0 Å². The van der Waals surface area contributed by atoms with E-state index in [0.29, 0.717) is 17.3 Å². The molecular weight excluding hydrogens is 258 g/mol. The fourth-order valence-corrected chi connectivity index (χ4v) is 1.79. The van der Waals surface area contributed by atoms with Crippen LogP contribution in [0.4, 0.5) is 4.39 Å². The number of hydrogen-bond acceptors (Lipinski definition) is 1. The molecule has 0 aliphatic carbocycles. The zero-order chi connectivity index (χ0) is 9.84. The average Bonchev–Trinajstić information content (AvgIpc) is 2.13. The van der Waals surface area contributed by atoms with Gasteiger partial charge in [-0.1, -0.05) is 17.7 Å². The molecule has 0 unspecified atom stereocenters. The van der Waals surface area contributed by atoms with Gasteiger partial charge in [-0.3, -0.25) is 0 Å². The van der Waals surface area contributed by atoms with Gasteiger partial charge in [0.15, 0.2) is 5.82 Å². The molecule has 13 heavy (non-hydrogen) atoms. The standard InChI is InChI=1S/C9H7BrClFO/c10-8-6(2-1-5-13)3-4-7(11)9(8)12/h3-5H,1-2H2. The molecule has 1 nitrogen and oxygen atoms in total. The van der Waals surface area contributed by atoms with Crippen molar-refractivity contribution in [3.05, 3.63) is 33.0 Å². The first-order valence-corrected chi connectivity index (χ1v) is 4.90. The lowest BCUT2D eigenvalue weighted by Crippen LogP contribution is -1.91. The molecule has 0 aromatic heterocycles. The van der Waals surface area contributed by atoms with Crippen molar-refractivity contribution in [3.63, 3.8) is 0 Å². The third-order valence-corrected chi connectivity index (χ3v) is 2.80. The Labute approximate surface area is 89.0 Å². The second-order valence-electron chi connectivity index (χ2n) is 2.54. The van der Waals surface area contributed by atoms with E-state index in [1.165, 1.54) is 6.07 Å². The molecule has 0 fully saturated rings. The number of rotatable bonds is 3. The highest BCUT2D eigenvalue weighted by Crippen LogP contribution is 2.27. The maximum Gasteiger partial charge on any atom is 0.156 e. The smallest absolute Gasteiger partial charge is 0.156 e. The molecule has 0 atom stereocenters. The summed E-state index contributed by atoms with van der Waals surface area (Å²) in [6.45, 7) is 0. The van der Waals surface area contributed by atoms with Crippen LogP contribution in [0.2, 0.25) is 5.02 Å². The molecule has 1 aromatic carbocycles. The van der Waals surface area contributed by atoms with Crippen LogP contribution in [-0.4, -0.2) is 6.29 Å². The average molecular weight is 266 g/mol. The largest absolute Gasteiger partial charge is 0.303 e. The highest BCUT2D eigenvalue weighted by atomic mass is 79.9. The van der Waals surface area contributed by atoms with Crippen molar-refractivity contribution in [1.29, 1.82) is 0 Å². The van der Waals surface area contributed by atoms with E-state index in [2.05, 4.69) is 15.9 Å². The molecule has 0 N–H and O–H groups in total. The number of carbonyl (C=O) groups is 1.